The van der Waals surface area contributed by atoms with E-state index in [1.165, 1.54) is 0 Å². The van der Waals surface area contributed by atoms with E-state index in [0.717, 1.165) is 61.6 Å². The first-order valence-electron chi connectivity index (χ1n) is 9.57. The molecule has 0 radical (unpaired) electrons. The number of amides is 1. The fourth-order valence-corrected chi connectivity index (χ4v) is 4.59. The zero-order chi connectivity index (χ0) is 18.4. The molecular weight excluding hydrogens is 338 g/mol. The van der Waals surface area contributed by atoms with Crippen LogP contribution in [0.2, 0.25) is 0 Å². The van der Waals surface area contributed by atoms with E-state index in [1.807, 2.05) is 40.7 Å². The molecule has 0 unspecified atom stereocenters. The predicted molar refractivity (Wildman–Crippen MR) is 105 cm³/mol. The van der Waals surface area contributed by atoms with E-state index >= 15 is 0 Å². The summed E-state index contributed by atoms with van der Waals surface area (Å²) >= 11 is 0. The fraction of sp³-hybridized carbons (Fsp3) is 0.381. The van der Waals surface area contributed by atoms with E-state index in [-0.39, 0.29) is 5.41 Å². The molecular formula is C21H23N5O. The molecule has 1 spiro atoms. The Labute approximate surface area is 158 Å². The minimum Gasteiger partial charge on any atom is -0.355 e. The summed E-state index contributed by atoms with van der Waals surface area (Å²) in [5.41, 5.74) is 2.61. The molecule has 2 aliphatic rings. The van der Waals surface area contributed by atoms with Gasteiger partial charge in [-0.05, 0) is 19.3 Å². The van der Waals surface area contributed by atoms with Crippen molar-refractivity contribution in [1.82, 2.24) is 19.5 Å². The van der Waals surface area contributed by atoms with Gasteiger partial charge in [0.05, 0.1) is 17.3 Å². The molecule has 0 N–H and O–H groups in total. The maximum absolute atomic E-state index is 12.9. The lowest BCUT2D eigenvalue weighted by Gasteiger charge is -2.37. The fourth-order valence-electron chi connectivity index (χ4n) is 4.59. The molecule has 3 aromatic rings. The third-order valence-electron chi connectivity index (χ3n) is 6.04. The molecule has 1 aromatic carbocycles. The Hall–Kier alpha value is -2.89. The number of hydrogen-bond acceptors (Lipinski definition) is 4. The number of piperidine rings is 1. The highest BCUT2D eigenvalue weighted by atomic mass is 16.2. The monoisotopic (exact) mass is 361 g/mol. The van der Waals surface area contributed by atoms with Crippen molar-refractivity contribution < 1.29 is 4.79 Å². The smallest absolute Gasteiger partial charge is 0.230 e. The lowest BCUT2D eigenvalue weighted by atomic mass is 9.78. The zero-order valence-corrected chi connectivity index (χ0v) is 15.5. The van der Waals surface area contributed by atoms with Crippen molar-refractivity contribution in [2.24, 2.45) is 5.41 Å². The molecule has 0 saturated carbocycles. The number of nitrogens with zero attached hydrogens (tertiary/aromatic N) is 5. The maximum Gasteiger partial charge on any atom is 0.230 e. The first-order valence-corrected chi connectivity index (χ1v) is 9.57. The number of hydrogen-bond donors (Lipinski definition) is 0. The second kappa shape index (κ2) is 6.08. The third kappa shape index (κ3) is 2.59. The number of fused-ring (bicyclic) bond motifs is 1. The van der Waals surface area contributed by atoms with Gasteiger partial charge in [-0.25, -0.2) is 4.98 Å². The topological polar surface area (TPSA) is 53.7 Å². The largest absolute Gasteiger partial charge is 0.355 e. The van der Waals surface area contributed by atoms with Crippen LogP contribution in [-0.4, -0.2) is 52.1 Å². The standard InChI is InChI=1S/C21H23N5O/c1-24-12-5-9-21(20(24)27)10-13-25(15-21)19-14-17(16-6-3-2-4-7-16)23-18-8-11-22-26(18)19/h2-4,6-8,11,14H,5,9-10,12-13,15H2,1H3/t21-/m0/s1. The minimum atomic E-state index is -0.247. The lowest BCUT2D eigenvalue weighted by molar-refractivity contribution is -0.143. The molecule has 0 aliphatic carbocycles. The van der Waals surface area contributed by atoms with Gasteiger partial charge in [-0.3, -0.25) is 4.79 Å². The van der Waals surface area contributed by atoms with Crippen molar-refractivity contribution in [3.8, 4) is 11.3 Å². The molecule has 6 heteroatoms. The molecule has 2 aliphatic heterocycles. The Bertz CT molecular complexity index is 998. The molecule has 138 valence electrons. The van der Waals surface area contributed by atoms with E-state index in [1.54, 1.807) is 6.20 Å². The molecule has 5 rings (SSSR count). The van der Waals surface area contributed by atoms with E-state index in [0.29, 0.717) is 5.91 Å². The number of aromatic nitrogens is 3. The van der Waals surface area contributed by atoms with Gasteiger partial charge in [0.25, 0.3) is 0 Å². The molecule has 0 bridgehead atoms. The number of likely N-dealkylation sites (tertiary alicyclic amines) is 1. The SMILES string of the molecule is CN1CCC[C@@]2(CCN(c3cc(-c4ccccc4)nc4ccnn34)C2)C1=O. The van der Waals surface area contributed by atoms with Gasteiger partial charge in [0.1, 0.15) is 5.82 Å². The lowest BCUT2D eigenvalue weighted by Crippen LogP contribution is -2.48. The van der Waals surface area contributed by atoms with Gasteiger partial charge in [0.2, 0.25) is 5.91 Å². The number of rotatable bonds is 2. The number of carbonyl (C=O) groups excluding carboxylic acids is 1. The molecule has 2 saturated heterocycles. The van der Waals surface area contributed by atoms with Crippen molar-refractivity contribution in [1.29, 1.82) is 0 Å². The highest BCUT2D eigenvalue weighted by Crippen LogP contribution is 2.41. The molecule has 4 heterocycles. The van der Waals surface area contributed by atoms with Crippen molar-refractivity contribution in [2.45, 2.75) is 19.3 Å². The Balaban J connectivity index is 1.55. The van der Waals surface area contributed by atoms with E-state index in [2.05, 4.69) is 28.2 Å². The summed E-state index contributed by atoms with van der Waals surface area (Å²) in [4.78, 5) is 21.9. The molecule has 2 fully saturated rings. The second-order valence-electron chi connectivity index (χ2n) is 7.75. The van der Waals surface area contributed by atoms with Gasteiger partial charge < -0.3 is 9.80 Å². The Morgan fingerprint density at radius 2 is 1.93 bits per heavy atom. The number of anilines is 1. The van der Waals surface area contributed by atoms with Gasteiger partial charge in [-0.15, -0.1) is 0 Å². The van der Waals surface area contributed by atoms with Crippen LogP contribution in [0.1, 0.15) is 19.3 Å². The normalized spacial score (nSPS) is 22.9. The first-order chi connectivity index (χ1) is 13.2. The summed E-state index contributed by atoms with van der Waals surface area (Å²) in [6.45, 7) is 2.49. The van der Waals surface area contributed by atoms with Crippen LogP contribution in [0.25, 0.3) is 16.9 Å². The number of benzene rings is 1. The van der Waals surface area contributed by atoms with Gasteiger partial charge in [0, 0.05) is 44.4 Å². The zero-order valence-electron chi connectivity index (χ0n) is 15.5. The molecule has 27 heavy (non-hydrogen) atoms. The van der Waals surface area contributed by atoms with Crippen molar-refractivity contribution in [3.05, 3.63) is 48.7 Å². The van der Waals surface area contributed by atoms with Crippen LogP contribution in [0.15, 0.2) is 48.7 Å². The summed E-state index contributed by atoms with van der Waals surface area (Å²) in [5.74, 6) is 1.31. The van der Waals surface area contributed by atoms with E-state index in [9.17, 15) is 4.79 Å². The molecule has 1 atom stereocenters. The Kier molecular flexibility index (Phi) is 3.67. The van der Waals surface area contributed by atoms with Crippen LogP contribution in [0.3, 0.4) is 0 Å². The summed E-state index contributed by atoms with van der Waals surface area (Å²) in [6.07, 6.45) is 4.75. The summed E-state index contributed by atoms with van der Waals surface area (Å²) in [7, 11) is 1.93. The highest BCUT2D eigenvalue weighted by molar-refractivity contribution is 5.85. The molecule has 1 amide bonds. The Morgan fingerprint density at radius 1 is 1.07 bits per heavy atom. The van der Waals surface area contributed by atoms with E-state index in [4.69, 9.17) is 4.98 Å². The number of carbonyl (C=O) groups is 1. The van der Waals surface area contributed by atoms with E-state index < -0.39 is 0 Å². The maximum atomic E-state index is 12.9. The van der Waals surface area contributed by atoms with Crippen LogP contribution in [0, 0.1) is 5.41 Å². The van der Waals surface area contributed by atoms with Crippen LogP contribution in [0.5, 0.6) is 0 Å². The molecule has 2 aromatic heterocycles. The first kappa shape index (κ1) is 16.3. The summed E-state index contributed by atoms with van der Waals surface area (Å²) in [6, 6.07) is 14.2. The van der Waals surface area contributed by atoms with Crippen LogP contribution < -0.4 is 4.90 Å². The Morgan fingerprint density at radius 3 is 2.78 bits per heavy atom. The predicted octanol–water partition coefficient (Wildman–Crippen LogP) is 2.85. The third-order valence-corrected chi connectivity index (χ3v) is 6.04. The van der Waals surface area contributed by atoms with Crippen molar-refractivity contribution in [3.63, 3.8) is 0 Å². The van der Waals surface area contributed by atoms with Gasteiger partial charge >= 0.3 is 0 Å². The quantitative estimate of drug-likeness (QED) is 0.704. The minimum absolute atomic E-state index is 0.247. The second-order valence-corrected chi connectivity index (χ2v) is 7.75. The average Bonchev–Trinajstić information content (AvgIpc) is 3.34. The van der Waals surface area contributed by atoms with Crippen molar-refractivity contribution in [2.75, 3.05) is 31.6 Å². The van der Waals surface area contributed by atoms with Gasteiger partial charge in [-0.2, -0.15) is 9.61 Å². The molecule has 6 nitrogen and oxygen atoms in total. The summed E-state index contributed by atoms with van der Waals surface area (Å²) < 4.78 is 1.89. The average molecular weight is 361 g/mol. The van der Waals surface area contributed by atoms with Crippen LogP contribution >= 0.6 is 0 Å². The van der Waals surface area contributed by atoms with Gasteiger partial charge in [0.15, 0.2) is 5.65 Å². The summed E-state index contributed by atoms with van der Waals surface area (Å²) in [5, 5.41) is 4.48. The highest BCUT2D eigenvalue weighted by Gasteiger charge is 2.48. The van der Waals surface area contributed by atoms with Crippen LogP contribution in [-0.2, 0) is 4.79 Å². The van der Waals surface area contributed by atoms with Gasteiger partial charge in [-0.1, -0.05) is 30.3 Å². The van der Waals surface area contributed by atoms with Crippen LogP contribution in [0.4, 0.5) is 5.82 Å². The van der Waals surface area contributed by atoms with Crippen molar-refractivity contribution >= 4 is 17.4 Å².